The Kier molecular flexibility index (Phi) is 3.75. The van der Waals surface area contributed by atoms with Gasteiger partial charge in [-0.15, -0.1) is 0 Å². The van der Waals surface area contributed by atoms with Gasteiger partial charge in [0.1, 0.15) is 12.0 Å². The molecule has 0 unspecified atom stereocenters. The van der Waals surface area contributed by atoms with Gasteiger partial charge in [0.2, 0.25) is 0 Å². The molecule has 0 fully saturated rings. The number of pyridine rings is 1. The number of anilines is 1. The number of nitrogens with one attached hydrogen (secondary N) is 1. The van der Waals surface area contributed by atoms with Crippen LogP contribution in [0.25, 0.3) is 0 Å². The van der Waals surface area contributed by atoms with Crippen molar-refractivity contribution in [1.82, 2.24) is 4.98 Å². The molecule has 5 nitrogen and oxygen atoms in total. The van der Waals surface area contributed by atoms with Crippen molar-refractivity contribution in [3.05, 3.63) is 63.8 Å². The van der Waals surface area contributed by atoms with E-state index >= 15 is 0 Å². The minimum atomic E-state index is -0.458. The fourth-order valence-electron chi connectivity index (χ4n) is 1.82. The lowest BCUT2D eigenvalue weighted by Gasteiger charge is -2.15. The van der Waals surface area contributed by atoms with Crippen molar-refractivity contribution < 1.29 is 4.92 Å². The van der Waals surface area contributed by atoms with E-state index in [9.17, 15) is 10.1 Å². The number of nitro groups is 1. The summed E-state index contributed by atoms with van der Waals surface area (Å²) < 4.78 is 0. The van der Waals surface area contributed by atoms with Gasteiger partial charge in [-0.3, -0.25) is 10.1 Å². The summed E-state index contributed by atoms with van der Waals surface area (Å²) >= 11 is 0. The van der Waals surface area contributed by atoms with Crippen LogP contribution in [-0.2, 0) is 0 Å². The fraction of sp³-hybridized carbons (Fsp3) is 0.214. The Balaban J connectivity index is 2.10. The lowest BCUT2D eigenvalue weighted by Crippen LogP contribution is -2.08. The maximum atomic E-state index is 10.5. The molecule has 5 heteroatoms. The standard InChI is InChI=1S/C14H15N3O2/c1-10-4-3-5-12(8-10)11(2)16-14-7-6-13(9-15-14)17(18)19/h3-9,11H,1-2H3,(H,15,16)/t11-/m0/s1. The average Bonchev–Trinajstić information content (AvgIpc) is 2.39. The zero-order valence-corrected chi connectivity index (χ0v) is 10.8. The van der Waals surface area contributed by atoms with Gasteiger partial charge in [-0.05, 0) is 25.5 Å². The first-order valence-corrected chi connectivity index (χ1v) is 6.00. The van der Waals surface area contributed by atoms with Crippen LogP contribution in [-0.4, -0.2) is 9.91 Å². The zero-order chi connectivity index (χ0) is 13.8. The van der Waals surface area contributed by atoms with Crippen LogP contribution in [0.3, 0.4) is 0 Å². The summed E-state index contributed by atoms with van der Waals surface area (Å²) in [6.07, 6.45) is 1.26. The van der Waals surface area contributed by atoms with E-state index in [-0.39, 0.29) is 11.7 Å². The minimum absolute atomic E-state index is 0.00578. The van der Waals surface area contributed by atoms with Crippen LogP contribution in [0, 0.1) is 17.0 Å². The Bertz CT molecular complexity index is 581. The summed E-state index contributed by atoms with van der Waals surface area (Å²) in [6, 6.07) is 11.3. The molecule has 1 atom stereocenters. The summed E-state index contributed by atoms with van der Waals surface area (Å²) in [4.78, 5) is 14.1. The predicted octanol–water partition coefficient (Wildman–Crippen LogP) is 3.47. The average molecular weight is 257 g/mol. The van der Waals surface area contributed by atoms with Crippen LogP contribution in [0.1, 0.15) is 24.1 Å². The number of hydrogen-bond acceptors (Lipinski definition) is 4. The van der Waals surface area contributed by atoms with Crippen molar-refractivity contribution in [1.29, 1.82) is 0 Å². The molecule has 1 aromatic carbocycles. The quantitative estimate of drug-likeness (QED) is 0.672. The van der Waals surface area contributed by atoms with E-state index in [0.717, 1.165) is 5.56 Å². The second kappa shape index (κ2) is 5.48. The molecule has 0 radical (unpaired) electrons. The summed E-state index contributed by atoms with van der Waals surface area (Å²) in [7, 11) is 0. The van der Waals surface area contributed by atoms with Crippen molar-refractivity contribution in [3.8, 4) is 0 Å². The molecule has 2 rings (SSSR count). The number of hydrogen-bond donors (Lipinski definition) is 1. The highest BCUT2D eigenvalue weighted by atomic mass is 16.6. The van der Waals surface area contributed by atoms with Gasteiger partial charge in [0, 0.05) is 12.1 Å². The van der Waals surface area contributed by atoms with Crippen molar-refractivity contribution in [2.45, 2.75) is 19.9 Å². The van der Waals surface area contributed by atoms with E-state index in [0.29, 0.717) is 5.82 Å². The summed E-state index contributed by atoms with van der Waals surface area (Å²) in [5.41, 5.74) is 2.34. The van der Waals surface area contributed by atoms with E-state index in [1.54, 1.807) is 6.07 Å². The molecule has 1 aromatic heterocycles. The smallest absolute Gasteiger partial charge is 0.287 e. The maximum absolute atomic E-state index is 10.5. The molecule has 19 heavy (non-hydrogen) atoms. The number of nitrogens with zero attached hydrogens (tertiary/aromatic N) is 2. The first kappa shape index (κ1) is 13.0. The van der Waals surface area contributed by atoms with Crippen molar-refractivity contribution in [2.75, 3.05) is 5.32 Å². The summed E-state index contributed by atoms with van der Waals surface area (Å²) in [6.45, 7) is 4.07. The fourth-order valence-corrected chi connectivity index (χ4v) is 1.82. The van der Waals surface area contributed by atoms with Gasteiger partial charge in [-0.25, -0.2) is 4.98 Å². The second-order valence-electron chi connectivity index (χ2n) is 4.44. The van der Waals surface area contributed by atoms with Gasteiger partial charge in [-0.2, -0.15) is 0 Å². The summed E-state index contributed by atoms with van der Waals surface area (Å²) in [5.74, 6) is 0.625. The Morgan fingerprint density at radius 1 is 1.32 bits per heavy atom. The van der Waals surface area contributed by atoms with Gasteiger partial charge < -0.3 is 5.32 Å². The Labute approximate surface area is 111 Å². The SMILES string of the molecule is Cc1cccc([C@H](C)Nc2ccc([N+](=O)[O-])cn2)c1. The topological polar surface area (TPSA) is 68.1 Å². The number of rotatable bonds is 4. The zero-order valence-electron chi connectivity index (χ0n) is 10.8. The first-order valence-electron chi connectivity index (χ1n) is 6.00. The van der Waals surface area contributed by atoms with Gasteiger partial charge >= 0.3 is 0 Å². The molecule has 0 aliphatic carbocycles. The van der Waals surface area contributed by atoms with E-state index in [2.05, 4.69) is 16.4 Å². The minimum Gasteiger partial charge on any atom is -0.364 e. The Morgan fingerprint density at radius 3 is 2.68 bits per heavy atom. The molecule has 0 aliphatic heterocycles. The molecular weight excluding hydrogens is 242 g/mol. The van der Waals surface area contributed by atoms with Crippen LogP contribution >= 0.6 is 0 Å². The van der Waals surface area contributed by atoms with Crippen molar-refractivity contribution >= 4 is 11.5 Å². The molecule has 2 aromatic rings. The molecule has 1 N–H and O–H groups in total. The van der Waals surface area contributed by atoms with Gasteiger partial charge in [0.25, 0.3) is 5.69 Å². The van der Waals surface area contributed by atoms with Crippen LogP contribution in [0.15, 0.2) is 42.6 Å². The highest BCUT2D eigenvalue weighted by Crippen LogP contribution is 2.20. The van der Waals surface area contributed by atoms with E-state index in [1.165, 1.54) is 17.8 Å². The Morgan fingerprint density at radius 2 is 2.11 bits per heavy atom. The van der Waals surface area contributed by atoms with Crippen LogP contribution < -0.4 is 5.32 Å². The van der Waals surface area contributed by atoms with E-state index < -0.39 is 4.92 Å². The third-order valence-electron chi connectivity index (χ3n) is 2.87. The lowest BCUT2D eigenvalue weighted by atomic mass is 10.1. The molecule has 0 aliphatic rings. The summed E-state index contributed by atoms with van der Waals surface area (Å²) in [5, 5.41) is 13.8. The third kappa shape index (κ3) is 3.28. The molecule has 1 heterocycles. The van der Waals surface area contributed by atoms with Gasteiger partial charge in [0.05, 0.1) is 4.92 Å². The van der Waals surface area contributed by atoms with Crippen LogP contribution in [0.2, 0.25) is 0 Å². The predicted molar refractivity (Wildman–Crippen MR) is 74.1 cm³/mol. The molecule has 0 saturated carbocycles. The second-order valence-corrected chi connectivity index (χ2v) is 4.44. The van der Waals surface area contributed by atoms with Crippen molar-refractivity contribution in [2.24, 2.45) is 0 Å². The largest absolute Gasteiger partial charge is 0.364 e. The van der Waals surface area contributed by atoms with Gasteiger partial charge in [-0.1, -0.05) is 29.8 Å². The number of benzene rings is 1. The third-order valence-corrected chi connectivity index (χ3v) is 2.87. The molecule has 0 saturated heterocycles. The van der Waals surface area contributed by atoms with E-state index in [4.69, 9.17) is 0 Å². The van der Waals surface area contributed by atoms with Crippen LogP contribution in [0.4, 0.5) is 11.5 Å². The maximum Gasteiger partial charge on any atom is 0.287 e. The molecular formula is C14H15N3O2. The lowest BCUT2D eigenvalue weighted by molar-refractivity contribution is -0.385. The number of aryl methyl sites for hydroxylation is 1. The highest BCUT2D eigenvalue weighted by Gasteiger charge is 2.08. The van der Waals surface area contributed by atoms with Crippen LogP contribution in [0.5, 0.6) is 0 Å². The first-order chi connectivity index (χ1) is 9.06. The molecule has 0 bridgehead atoms. The number of aromatic nitrogens is 1. The highest BCUT2D eigenvalue weighted by molar-refractivity contribution is 5.42. The molecule has 0 amide bonds. The molecule has 0 spiro atoms. The normalized spacial score (nSPS) is 11.9. The Hall–Kier alpha value is -2.43. The van der Waals surface area contributed by atoms with E-state index in [1.807, 2.05) is 32.0 Å². The monoisotopic (exact) mass is 257 g/mol. The van der Waals surface area contributed by atoms with Gasteiger partial charge in [0.15, 0.2) is 0 Å². The van der Waals surface area contributed by atoms with Crippen molar-refractivity contribution in [3.63, 3.8) is 0 Å². The molecule has 98 valence electrons.